The van der Waals surface area contributed by atoms with Gasteiger partial charge < -0.3 is 15.5 Å². The summed E-state index contributed by atoms with van der Waals surface area (Å²) in [6.45, 7) is 6.01. The van der Waals surface area contributed by atoms with E-state index in [0.717, 1.165) is 13.1 Å². The quantitative estimate of drug-likeness (QED) is 0.685. The maximum Gasteiger partial charge on any atom is 0.236 e. The Balaban J connectivity index is 2.07. The molecule has 0 saturated carbocycles. The van der Waals surface area contributed by atoms with Crippen molar-refractivity contribution in [3.05, 3.63) is 0 Å². The first kappa shape index (κ1) is 12.5. The highest BCUT2D eigenvalue weighted by molar-refractivity contribution is 5.81. The van der Waals surface area contributed by atoms with Crippen LogP contribution in [0.1, 0.15) is 26.2 Å². The Labute approximate surface area is 92.4 Å². The fraction of sp³-hybridized carbons (Fsp3) is 0.909. The lowest BCUT2D eigenvalue weighted by Crippen LogP contribution is -2.44. The first-order valence-corrected chi connectivity index (χ1v) is 5.91. The Morgan fingerprint density at radius 2 is 2.00 bits per heavy atom. The van der Waals surface area contributed by atoms with Crippen LogP contribution in [-0.2, 0) is 4.79 Å². The minimum atomic E-state index is -0.0913. The van der Waals surface area contributed by atoms with Crippen LogP contribution in [0.3, 0.4) is 0 Å². The van der Waals surface area contributed by atoms with E-state index < -0.39 is 0 Å². The van der Waals surface area contributed by atoms with Gasteiger partial charge in [0.25, 0.3) is 0 Å². The fourth-order valence-corrected chi connectivity index (χ4v) is 1.80. The van der Waals surface area contributed by atoms with Crippen LogP contribution < -0.4 is 10.6 Å². The van der Waals surface area contributed by atoms with Gasteiger partial charge in [-0.25, -0.2) is 0 Å². The molecule has 88 valence electrons. The van der Waals surface area contributed by atoms with Crippen molar-refractivity contribution in [3.63, 3.8) is 0 Å². The van der Waals surface area contributed by atoms with Crippen molar-refractivity contribution < 1.29 is 4.79 Å². The van der Waals surface area contributed by atoms with Crippen LogP contribution in [0.15, 0.2) is 0 Å². The summed E-state index contributed by atoms with van der Waals surface area (Å²) in [6.07, 6.45) is 3.97. The molecule has 1 aliphatic heterocycles. The van der Waals surface area contributed by atoms with E-state index in [2.05, 4.69) is 15.5 Å². The van der Waals surface area contributed by atoms with E-state index in [-0.39, 0.29) is 11.9 Å². The number of hydrogen-bond donors (Lipinski definition) is 2. The molecule has 1 rings (SSSR count). The molecule has 1 saturated heterocycles. The molecular weight excluding hydrogens is 190 g/mol. The highest BCUT2D eigenvalue weighted by atomic mass is 16.2. The predicted molar refractivity (Wildman–Crippen MR) is 61.8 cm³/mol. The van der Waals surface area contributed by atoms with Crippen molar-refractivity contribution in [2.45, 2.75) is 32.2 Å². The zero-order valence-corrected chi connectivity index (χ0v) is 9.88. The standard InChI is InChI=1S/C11H23N3O/c1-10(12-2)11(15)13-6-9-14-7-4-3-5-8-14/h10,12H,3-9H2,1-2H3,(H,13,15). The summed E-state index contributed by atoms with van der Waals surface area (Å²) in [5, 5.41) is 5.87. The molecule has 1 atom stereocenters. The van der Waals surface area contributed by atoms with E-state index in [1.807, 2.05) is 6.92 Å². The monoisotopic (exact) mass is 213 g/mol. The number of amides is 1. The van der Waals surface area contributed by atoms with E-state index in [9.17, 15) is 4.79 Å². The van der Waals surface area contributed by atoms with Crippen molar-refractivity contribution in [1.29, 1.82) is 0 Å². The second kappa shape index (κ2) is 6.80. The third-order valence-electron chi connectivity index (χ3n) is 3.00. The van der Waals surface area contributed by atoms with Gasteiger partial charge in [0.15, 0.2) is 0 Å². The van der Waals surface area contributed by atoms with Crippen LogP contribution in [0, 0.1) is 0 Å². The summed E-state index contributed by atoms with van der Waals surface area (Å²) in [7, 11) is 1.80. The molecule has 1 unspecified atom stereocenters. The molecular formula is C11H23N3O. The lowest BCUT2D eigenvalue weighted by molar-refractivity contribution is -0.122. The molecule has 1 fully saturated rings. The molecule has 1 heterocycles. The molecule has 0 aromatic heterocycles. The number of rotatable bonds is 5. The maximum absolute atomic E-state index is 11.4. The minimum Gasteiger partial charge on any atom is -0.353 e. The first-order chi connectivity index (χ1) is 7.24. The maximum atomic E-state index is 11.4. The van der Waals surface area contributed by atoms with Crippen LogP contribution in [-0.4, -0.2) is 50.1 Å². The third kappa shape index (κ3) is 4.62. The molecule has 4 nitrogen and oxygen atoms in total. The number of likely N-dealkylation sites (tertiary alicyclic amines) is 1. The normalized spacial score (nSPS) is 19.9. The highest BCUT2D eigenvalue weighted by Crippen LogP contribution is 2.07. The Bertz CT molecular complexity index is 190. The molecule has 4 heteroatoms. The van der Waals surface area contributed by atoms with E-state index in [1.165, 1.54) is 32.4 Å². The van der Waals surface area contributed by atoms with Gasteiger partial charge in [-0.1, -0.05) is 6.42 Å². The van der Waals surface area contributed by atoms with E-state index >= 15 is 0 Å². The van der Waals surface area contributed by atoms with Crippen LogP contribution in [0.25, 0.3) is 0 Å². The molecule has 0 spiro atoms. The number of carbonyl (C=O) groups excluding carboxylic acids is 1. The average molecular weight is 213 g/mol. The molecule has 1 aliphatic rings. The van der Waals surface area contributed by atoms with Gasteiger partial charge in [0.05, 0.1) is 6.04 Å². The van der Waals surface area contributed by atoms with E-state index in [0.29, 0.717) is 0 Å². The van der Waals surface area contributed by atoms with Crippen molar-refractivity contribution in [2.24, 2.45) is 0 Å². The van der Waals surface area contributed by atoms with Gasteiger partial charge in [0.1, 0.15) is 0 Å². The molecule has 0 aromatic rings. The Morgan fingerprint density at radius 3 is 2.60 bits per heavy atom. The first-order valence-electron chi connectivity index (χ1n) is 5.91. The van der Waals surface area contributed by atoms with Crippen molar-refractivity contribution in [2.75, 3.05) is 33.2 Å². The summed E-state index contributed by atoms with van der Waals surface area (Å²) < 4.78 is 0. The SMILES string of the molecule is CNC(C)C(=O)NCCN1CCCCC1. The number of nitrogens with zero attached hydrogens (tertiary/aromatic N) is 1. The van der Waals surface area contributed by atoms with Crippen molar-refractivity contribution >= 4 is 5.91 Å². The molecule has 15 heavy (non-hydrogen) atoms. The second-order valence-electron chi connectivity index (χ2n) is 4.20. The number of carbonyl (C=O) groups is 1. The number of hydrogen-bond acceptors (Lipinski definition) is 3. The van der Waals surface area contributed by atoms with E-state index in [4.69, 9.17) is 0 Å². The highest BCUT2D eigenvalue weighted by Gasteiger charge is 2.11. The average Bonchev–Trinajstić information content (AvgIpc) is 2.29. The van der Waals surface area contributed by atoms with Gasteiger partial charge in [-0.2, -0.15) is 0 Å². The topological polar surface area (TPSA) is 44.4 Å². The number of piperidine rings is 1. The van der Waals surface area contributed by atoms with Crippen LogP contribution in [0.4, 0.5) is 0 Å². The summed E-state index contributed by atoms with van der Waals surface area (Å²) >= 11 is 0. The summed E-state index contributed by atoms with van der Waals surface area (Å²) in [5.74, 6) is 0.0921. The molecule has 0 radical (unpaired) electrons. The van der Waals surface area contributed by atoms with E-state index in [1.54, 1.807) is 7.05 Å². The molecule has 2 N–H and O–H groups in total. The Morgan fingerprint density at radius 1 is 1.33 bits per heavy atom. The van der Waals surface area contributed by atoms with Gasteiger partial charge in [0.2, 0.25) is 5.91 Å². The van der Waals surface area contributed by atoms with Gasteiger partial charge in [0, 0.05) is 13.1 Å². The minimum absolute atomic E-state index is 0.0913. The predicted octanol–water partition coefficient (Wildman–Crippen LogP) is 0.196. The van der Waals surface area contributed by atoms with Crippen LogP contribution in [0.5, 0.6) is 0 Å². The smallest absolute Gasteiger partial charge is 0.236 e. The summed E-state index contributed by atoms with van der Waals surface area (Å²) in [6, 6.07) is -0.0913. The summed E-state index contributed by atoms with van der Waals surface area (Å²) in [4.78, 5) is 13.8. The summed E-state index contributed by atoms with van der Waals surface area (Å²) in [5.41, 5.74) is 0. The van der Waals surface area contributed by atoms with Crippen molar-refractivity contribution in [3.8, 4) is 0 Å². The lowest BCUT2D eigenvalue weighted by atomic mass is 10.1. The third-order valence-corrected chi connectivity index (χ3v) is 3.00. The van der Waals surface area contributed by atoms with Gasteiger partial charge in [-0.3, -0.25) is 4.79 Å². The van der Waals surface area contributed by atoms with Gasteiger partial charge in [-0.05, 0) is 39.9 Å². The van der Waals surface area contributed by atoms with Gasteiger partial charge in [-0.15, -0.1) is 0 Å². The van der Waals surface area contributed by atoms with Gasteiger partial charge >= 0.3 is 0 Å². The Kier molecular flexibility index (Phi) is 5.65. The number of likely N-dealkylation sites (N-methyl/N-ethyl adjacent to an activating group) is 1. The molecule has 0 bridgehead atoms. The molecule has 0 aliphatic carbocycles. The lowest BCUT2D eigenvalue weighted by Gasteiger charge is -2.26. The largest absolute Gasteiger partial charge is 0.353 e. The van der Waals surface area contributed by atoms with Crippen LogP contribution >= 0.6 is 0 Å². The Hall–Kier alpha value is -0.610. The molecule has 0 aromatic carbocycles. The van der Waals surface area contributed by atoms with Crippen molar-refractivity contribution in [1.82, 2.24) is 15.5 Å². The van der Waals surface area contributed by atoms with Crippen LogP contribution in [0.2, 0.25) is 0 Å². The zero-order chi connectivity index (χ0) is 11.1. The number of nitrogens with one attached hydrogen (secondary N) is 2. The zero-order valence-electron chi connectivity index (χ0n) is 9.88. The fourth-order valence-electron chi connectivity index (χ4n) is 1.80. The second-order valence-corrected chi connectivity index (χ2v) is 4.20. The molecule has 1 amide bonds.